The monoisotopic (exact) mass is 228 g/mol. The summed E-state index contributed by atoms with van der Waals surface area (Å²) in [5, 5.41) is 4.35. The second-order valence-corrected chi connectivity index (χ2v) is 4.91. The number of halogens is 1. The Kier molecular flexibility index (Phi) is 2.39. The normalized spacial score (nSPS) is 12.1. The maximum atomic E-state index is 4.35. The lowest BCUT2D eigenvalue weighted by Gasteiger charge is -2.19. The van der Waals surface area contributed by atoms with Crippen molar-refractivity contribution in [2.45, 2.75) is 26.2 Å². The van der Waals surface area contributed by atoms with E-state index in [1.165, 1.54) is 5.69 Å². The van der Waals surface area contributed by atoms with Gasteiger partial charge in [-0.1, -0.05) is 20.8 Å². The van der Waals surface area contributed by atoms with Crippen LogP contribution in [0.5, 0.6) is 0 Å². The first-order chi connectivity index (χ1) is 5.34. The van der Waals surface area contributed by atoms with E-state index in [0.717, 1.165) is 10.1 Å². The van der Waals surface area contributed by atoms with E-state index in [4.69, 9.17) is 0 Å². The Labute approximate surface area is 82.9 Å². The fraction of sp³-hybridized carbons (Fsp3) is 0.625. The first-order valence-electron chi connectivity index (χ1n) is 4.03. The molecule has 0 bridgehead atoms. The van der Waals surface area contributed by atoms with Crippen molar-refractivity contribution in [1.29, 1.82) is 0 Å². The van der Waals surface area contributed by atoms with Crippen molar-refractivity contribution in [3.05, 3.63) is 10.2 Å². The molecule has 0 radical (unpaired) electrons. The lowest BCUT2D eigenvalue weighted by atomic mass is 9.90. The molecule has 0 spiro atoms. The Morgan fingerprint density at radius 3 is 2.08 bits per heavy atom. The molecule has 1 heterocycles. The fourth-order valence-electron chi connectivity index (χ4n) is 1.45. The van der Waals surface area contributed by atoms with Crippen LogP contribution in [0.1, 0.15) is 26.5 Å². The quantitative estimate of drug-likeness (QED) is 0.600. The van der Waals surface area contributed by atoms with Crippen molar-refractivity contribution >= 4 is 29.4 Å². The number of aromatic nitrogens is 2. The standard InChI is InChI=1S/C8H14BBrN2/c1-8(2,3)6-5(10)7(9)11-12(6)4/h9H2,1-4H3. The van der Waals surface area contributed by atoms with E-state index in [1.807, 2.05) is 19.6 Å². The van der Waals surface area contributed by atoms with Crippen LogP contribution in [0.2, 0.25) is 0 Å². The number of rotatable bonds is 0. The third-order valence-electron chi connectivity index (χ3n) is 1.86. The van der Waals surface area contributed by atoms with Gasteiger partial charge in [0.25, 0.3) is 0 Å². The minimum Gasteiger partial charge on any atom is -0.272 e. The topological polar surface area (TPSA) is 17.8 Å². The summed E-state index contributed by atoms with van der Waals surface area (Å²) in [5.74, 6) is 0. The lowest BCUT2D eigenvalue weighted by Crippen LogP contribution is -2.17. The molecule has 66 valence electrons. The highest BCUT2D eigenvalue weighted by Gasteiger charge is 2.22. The molecule has 0 saturated heterocycles. The molecule has 1 rings (SSSR count). The molecular formula is C8H14BBrN2. The van der Waals surface area contributed by atoms with Crippen molar-refractivity contribution in [1.82, 2.24) is 9.78 Å². The Morgan fingerprint density at radius 1 is 1.42 bits per heavy atom. The highest BCUT2D eigenvalue weighted by atomic mass is 79.9. The van der Waals surface area contributed by atoms with Gasteiger partial charge in [-0.05, 0) is 15.9 Å². The number of aryl methyl sites for hydroxylation is 1. The zero-order valence-electron chi connectivity index (χ0n) is 8.27. The molecule has 0 unspecified atom stereocenters. The molecule has 0 amide bonds. The van der Waals surface area contributed by atoms with Gasteiger partial charge in [0.15, 0.2) is 7.85 Å². The molecule has 1 aromatic rings. The highest BCUT2D eigenvalue weighted by Crippen LogP contribution is 2.27. The first-order valence-corrected chi connectivity index (χ1v) is 4.83. The molecule has 12 heavy (non-hydrogen) atoms. The zero-order chi connectivity index (χ0) is 9.52. The molecule has 4 heteroatoms. The summed E-state index contributed by atoms with van der Waals surface area (Å²) in [7, 11) is 4.00. The summed E-state index contributed by atoms with van der Waals surface area (Å²) in [6.07, 6.45) is 0. The number of nitrogens with zero attached hydrogens (tertiary/aromatic N) is 2. The molecule has 0 aromatic carbocycles. The van der Waals surface area contributed by atoms with Gasteiger partial charge < -0.3 is 0 Å². The van der Waals surface area contributed by atoms with Crippen LogP contribution in [0.25, 0.3) is 0 Å². The van der Waals surface area contributed by atoms with Gasteiger partial charge in [0.05, 0.1) is 10.2 Å². The Morgan fingerprint density at radius 2 is 1.92 bits per heavy atom. The smallest absolute Gasteiger partial charge is 0.167 e. The van der Waals surface area contributed by atoms with E-state index in [0.29, 0.717) is 0 Å². The van der Waals surface area contributed by atoms with E-state index in [9.17, 15) is 0 Å². The second kappa shape index (κ2) is 2.91. The van der Waals surface area contributed by atoms with Gasteiger partial charge in [0, 0.05) is 18.1 Å². The average molecular weight is 229 g/mol. The van der Waals surface area contributed by atoms with Crippen LogP contribution in [0, 0.1) is 0 Å². The Bertz CT molecular complexity index is 299. The fourth-order valence-corrected chi connectivity index (χ4v) is 2.38. The highest BCUT2D eigenvalue weighted by molar-refractivity contribution is 9.10. The molecular weight excluding hydrogens is 215 g/mol. The van der Waals surface area contributed by atoms with Crippen molar-refractivity contribution < 1.29 is 0 Å². The van der Waals surface area contributed by atoms with Crippen molar-refractivity contribution in [3.63, 3.8) is 0 Å². The molecule has 0 aliphatic rings. The molecule has 0 aliphatic heterocycles. The maximum absolute atomic E-state index is 4.35. The summed E-state index contributed by atoms with van der Waals surface area (Å²) in [4.78, 5) is 0. The van der Waals surface area contributed by atoms with Gasteiger partial charge in [0.2, 0.25) is 0 Å². The minimum absolute atomic E-state index is 0.148. The van der Waals surface area contributed by atoms with Crippen LogP contribution in [0.4, 0.5) is 0 Å². The molecule has 2 nitrogen and oxygen atoms in total. The van der Waals surface area contributed by atoms with Crippen LogP contribution in [-0.2, 0) is 12.5 Å². The molecule has 0 saturated carbocycles. The largest absolute Gasteiger partial charge is 0.272 e. The number of hydrogen-bond acceptors (Lipinski definition) is 1. The van der Waals surface area contributed by atoms with Crippen LogP contribution in [0.3, 0.4) is 0 Å². The van der Waals surface area contributed by atoms with E-state index in [-0.39, 0.29) is 5.41 Å². The molecule has 0 fully saturated rings. The van der Waals surface area contributed by atoms with Gasteiger partial charge in [-0.25, -0.2) is 0 Å². The Hall–Kier alpha value is -0.245. The average Bonchev–Trinajstić information content (AvgIpc) is 2.05. The van der Waals surface area contributed by atoms with E-state index < -0.39 is 0 Å². The minimum atomic E-state index is 0.148. The van der Waals surface area contributed by atoms with Crippen molar-refractivity contribution in [3.8, 4) is 0 Å². The van der Waals surface area contributed by atoms with E-state index >= 15 is 0 Å². The third kappa shape index (κ3) is 1.58. The van der Waals surface area contributed by atoms with Gasteiger partial charge >= 0.3 is 0 Å². The van der Waals surface area contributed by atoms with Crippen LogP contribution in [0.15, 0.2) is 4.47 Å². The van der Waals surface area contributed by atoms with Crippen molar-refractivity contribution in [2.24, 2.45) is 7.05 Å². The van der Waals surface area contributed by atoms with Crippen molar-refractivity contribution in [2.75, 3.05) is 0 Å². The number of hydrogen-bond donors (Lipinski definition) is 0. The van der Waals surface area contributed by atoms with E-state index in [1.54, 1.807) is 0 Å². The van der Waals surface area contributed by atoms with Gasteiger partial charge in [0.1, 0.15) is 0 Å². The molecule has 0 aliphatic carbocycles. The zero-order valence-corrected chi connectivity index (χ0v) is 9.86. The Balaban J connectivity index is 3.32. The second-order valence-electron chi connectivity index (χ2n) is 4.12. The summed E-state index contributed by atoms with van der Waals surface area (Å²) in [6, 6.07) is 0. The van der Waals surface area contributed by atoms with Gasteiger partial charge in [-0.15, -0.1) is 0 Å². The SMILES string of the molecule is Bc1nn(C)c(C(C)(C)C)c1Br. The van der Waals surface area contributed by atoms with Crippen LogP contribution < -0.4 is 5.59 Å². The van der Waals surface area contributed by atoms with E-state index in [2.05, 4.69) is 41.8 Å². The summed E-state index contributed by atoms with van der Waals surface area (Å²) >= 11 is 3.55. The summed E-state index contributed by atoms with van der Waals surface area (Å²) < 4.78 is 3.08. The molecule has 0 N–H and O–H groups in total. The van der Waals surface area contributed by atoms with Gasteiger partial charge in [-0.3, -0.25) is 4.68 Å². The molecule has 1 aromatic heterocycles. The van der Waals surface area contributed by atoms with Crippen LogP contribution >= 0.6 is 15.9 Å². The maximum Gasteiger partial charge on any atom is 0.167 e. The summed E-state index contributed by atoms with van der Waals surface area (Å²) in [5.41, 5.74) is 2.46. The third-order valence-corrected chi connectivity index (χ3v) is 2.81. The van der Waals surface area contributed by atoms with Gasteiger partial charge in [-0.2, -0.15) is 5.10 Å². The predicted molar refractivity (Wildman–Crippen MR) is 57.8 cm³/mol. The predicted octanol–water partition coefficient (Wildman–Crippen LogP) is 0.738. The summed E-state index contributed by atoms with van der Waals surface area (Å²) in [6.45, 7) is 6.57. The lowest BCUT2D eigenvalue weighted by molar-refractivity contribution is 0.521. The molecule has 0 atom stereocenters. The van der Waals surface area contributed by atoms with Crippen LogP contribution in [-0.4, -0.2) is 17.6 Å². The first kappa shape index (κ1) is 9.84.